The highest BCUT2D eigenvalue weighted by molar-refractivity contribution is 5.91. The Morgan fingerprint density at radius 3 is 2.66 bits per heavy atom. The van der Waals surface area contributed by atoms with Crippen molar-refractivity contribution in [3.8, 4) is 0 Å². The number of anilines is 3. The SMILES string of the molecule is COCCOC(=O)c1ccc(Nc2cccc(N3CCN(C4CCOC4=O)CC3)c2)c([N+](=O)[O-])c1. The van der Waals surface area contributed by atoms with Gasteiger partial charge in [-0.15, -0.1) is 0 Å². The van der Waals surface area contributed by atoms with E-state index >= 15 is 0 Å². The van der Waals surface area contributed by atoms with Gasteiger partial charge >= 0.3 is 11.9 Å². The smallest absolute Gasteiger partial charge is 0.338 e. The summed E-state index contributed by atoms with van der Waals surface area (Å²) in [7, 11) is 1.49. The van der Waals surface area contributed by atoms with Crippen LogP contribution in [0, 0.1) is 10.1 Å². The van der Waals surface area contributed by atoms with E-state index < -0.39 is 10.9 Å². The summed E-state index contributed by atoms with van der Waals surface area (Å²) in [6.07, 6.45) is 0.737. The molecule has 4 rings (SSSR count). The van der Waals surface area contributed by atoms with Crippen LogP contribution in [0.2, 0.25) is 0 Å². The van der Waals surface area contributed by atoms with E-state index in [1.54, 1.807) is 0 Å². The van der Waals surface area contributed by atoms with Crippen LogP contribution in [0.15, 0.2) is 42.5 Å². The van der Waals surface area contributed by atoms with E-state index in [0.717, 1.165) is 38.3 Å². The number of hydrogen-bond donors (Lipinski definition) is 1. The van der Waals surface area contributed by atoms with Crippen molar-refractivity contribution >= 4 is 34.7 Å². The highest BCUT2D eigenvalue weighted by Crippen LogP contribution is 2.31. The van der Waals surface area contributed by atoms with Crippen molar-refractivity contribution in [3.63, 3.8) is 0 Å². The number of nitro benzene ring substituents is 1. The zero-order valence-electron chi connectivity index (χ0n) is 19.5. The molecular weight excluding hydrogens is 456 g/mol. The van der Waals surface area contributed by atoms with Crippen LogP contribution in [0.25, 0.3) is 0 Å². The Bertz CT molecular complexity index is 1090. The fraction of sp³-hybridized carbons (Fsp3) is 0.417. The average molecular weight is 485 g/mol. The first-order valence-corrected chi connectivity index (χ1v) is 11.4. The van der Waals surface area contributed by atoms with Crippen molar-refractivity contribution in [1.29, 1.82) is 0 Å². The van der Waals surface area contributed by atoms with Crippen LogP contribution in [-0.2, 0) is 19.0 Å². The molecule has 0 aromatic heterocycles. The van der Waals surface area contributed by atoms with E-state index in [1.807, 2.05) is 24.3 Å². The Morgan fingerprint density at radius 1 is 1.17 bits per heavy atom. The molecule has 0 radical (unpaired) electrons. The normalized spacial score (nSPS) is 18.3. The first kappa shape index (κ1) is 24.4. The van der Waals surface area contributed by atoms with E-state index in [4.69, 9.17) is 14.2 Å². The van der Waals surface area contributed by atoms with E-state index in [1.165, 1.54) is 25.3 Å². The molecule has 1 unspecified atom stereocenters. The van der Waals surface area contributed by atoms with Crippen molar-refractivity contribution in [2.75, 3.05) is 63.3 Å². The average Bonchev–Trinajstić information content (AvgIpc) is 3.30. The molecule has 2 aliphatic heterocycles. The number of carbonyl (C=O) groups is 2. The number of methoxy groups -OCH3 is 1. The fourth-order valence-corrected chi connectivity index (χ4v) is 4.26. The zero-order valence-corrected chi connectivity index (χ0v) is 19.5. The topological polar surface area (TPSA) is 123 Å². The first-order valence-electron chi connectivity index (χ1n) is 11.4. The summed E-state index contributed by atoms with van der Waals surface area (Å²) in [6.45, 7) is 3.82. The van der Waals surface area contributed by atoms with Gasteiger partial charge in [0.2, 0.25) is 0 Å². The number of nitrogens with zero attached hydrogens (tertiary/aromatic N) is 3. The summed E-state index contributed by atoms with van der Waals surface area (Å²) in [5.41, 5.74) is 1.79. The molecule has 2 heterocycles. The summed E-state index contributed by atoms with van der Waals surface area (Å²) >= 11 is 0. The van der Waals surface area contributed by atoms with E-state index in [0.29, 0.717) is 12.3 Å². The molecule has 11 heteroatoms. The van der Waals surface area contributed by atoms with Gasteiger partial charge in [-0.3, -0.25) is 19.8 Å². The molecule has 0 bridgehead atoms. The molecule has 0 amide bonds. The number of cyclic esters (lactones) is 1. The third-order valence-electron chi connectivity index (χ3n) is 6.10. The molecule has 11 nitrogen and oxygen atoms in total. The molecule has 0 saturated carbocycles. The summed E-state index contributed by atoms with van der Waals surface area (Å²) in [5, 5.41) is 14.8. The molecule has 2 aromatic rings. The minimum atomic E-state index is -0.649. The third-order valence-corrected chi connectivity index (χ3v) is 6.10. The minimum absolute atomic E-state index is 0.0644. The van der Waals surface area contributed by atoms with Crippen LogP contribution in [0.1, 0.15) is 16.8 Å². The maximum Gasteiger partial charge on any atom is 0.338 e. The van der Waals surface area contributed by atoms with Gasteiger partial charge in [0.05, 0.1) is 23.7 Å². The van der Waals surface area contributed by atoms with Crippen LogP contribution in [-0.4, -0.2) is 80.9 Å². The lowest BCUT2D eigenvalue weighted by atomic mass is 10.1. The number of nitrogens with one attached hydrogen (secondary N) is 1. The minimum Gasteiger partial charge on any atom is -0.464 e. The summed E-state index contributed by atoms with van der Waals surface area (Å²) < 4.78 is 15.0. The number of ether oxygens (including phenoxy) is 3. The Kier molecular flexibility index (Phi) is 7.78. The highest BCUT2D eigenvalue weighted by Gasteiger charge is 2.34. The molecule has 2 saturated heterocycles. The van der Waals surface area contributed by atoms with Crippen LogP contribution < -0.4 is 10.2 Å². The van der Waals surface area contributed by atoms with Gasteiger partial charge < -0.3 is 24.4 Å². The van der Waals surface area contributed by atoms with E-state index in [-0.39, 0.29) is 42.2 Å². The van der Waals surface area contributed by atoms with Crippen molar-refractivity contribution in [3.05, 3.63) is 58.1 Å². The van der Waals surface area contributed by atoms with E-state index in [9.17, 15) is 19.7 Å². The number of nitro groups is 1. The molecule has 0 aliphatic carbocycles. The second-order valence-electron chi connectivity index (χ2n) is 8.29. The lowest BCUT2D eigenvalue weighted by molar-refractivity contribution is -0.383. The number of rotatable bonds is 9. The van der Waals surface area contributed by atoms with Gasteiger partial charge in [-0.05, 0) is 30.3 Å². The number of benzene rings is 2. The van der Waals surface area contributed by atoms with Crippen LogP contribution >= 0.6 is 0 Å². The standard InChI is InChI=1S/C24H28N4O7/c1-33-13-14-35-23(29)17-5-6-20(22(15-17)28(31)32)25-18-3-2-4-19(16-18)26-8-10-27(11-9-26)21-7-12-34-24(21)30/h2-6,15-16,21,25H,7-14H2,1H3. The molecule has 2 aromatic carbocycles. The Morgan fingerprint density at radius 2 is 1.97 bits per heavy atom. The van der Waals surface area contributed by atoms with Gasteiger partial charge in [0.15, 0.2) is 0 Å². The van der Waals surface area contributed by atoms with Gasteiger partial charge in [0.25, 0.3) is 5.69 Å². The van der Waals surface area contributed by atoms with E-state index in [2.05, 4.69) is 15.1 Å². The number of piperazine rings is 1. The van der Waals surface area contributed by atoms with Gasteiger partial charge in [-0.1, -0.05) is 6.07 Å². The van der Waals surface area contributed by atoms with Crippen molar-refractivity contribution in [2.24, 2.45) is 0 Å². The van der Waals surface area contributed by atoms with Crippen LogP contribution in [0.5, 0.6) is 0 Å². The van der Waals surface area contributed by atoms with Gasteiger partial charge in [-0.25, -0.2) is 4.79 Å². The molecule has 2 fully saturated rings. The molecule has 0 spiro atoms. The lowest BCUT2D eigenvalue weighted by Gasteiger charge is -2.37. The summed E-state index contributed by atoms with van der Waals surface area (Å²) in [5.74, 6) is -0.788. The van der Waals surface area contributed by atoms with Crippen molar-refractivity contribution < 1.29 is 28.7 Å². The number of esters is 2. The predicted molar refractivity (Wildman–Crippen MR) is 128 cm³/mol. The predicted octanol–water partition coefficient (Wildman–Crippen LogP) is 2.58. The highest BCUT2D eigenvalue weighted by atomic mass is 16.6. The largest absolute Gasteiger partial charge is 0.464 e. The van der Waals surface area contributed by atoms with Gasteiger partial charge in [-0.2, -0.15) is 0 Å². The molecule has 2 aliphatic rings. The maximum atomic E-state index is 12.2. The van der Waals surface area contributed by atoms with Crippen molar-refractivity contribution in [2.45, 2.75) is 12.5 Å². The molecular formula is C24H28N4O7. The van der Waals surface area contributed by atoms with Crippen LogP contribution in [0.4, 0.5) is 22.7 Å². The third kappa shape index (κ3) is 5.87. The zero-order chi connectivity index (χ0) is 24.8. The quantitative estimate of drug-likeness (QED) is 0.246. The Balaban J connectivity index is 1.43. The van der Waals surface area contributed by atoms with Gasteiger partial charge in [0, 0.05) is 57.2 Å². The summed E-state index contributed by atoms with van der Waals surface area (Å²) in [4.78, 5) is 39.5. The fourth-order valence-electron chi connectivity index (χ4n) is 4.26. The second-order valence-corrected chi connectivity index (χ2v) is 8.29. The van der Waals surface area contributed by atoms with Crippen LogP contribution in [0.3, 0.4) is 0 Å². The Labute approximate surface area is 202 Å². The van der Waals surface area contributed by atoms with Gasteiger partial charge in [0.1, 0.15) is 18.3 Å². The first-order chi connectivity index (χ1) is 17.0. The lowest BCUT2D eigenvalue weighted by Crippen LogP contribution is -2.51. The molecule has 35 heavy (non-hydrogen) atoms. The number of hydrogen-bond acceptors (Lipinski definition) is 10. The molecule has 1 N–H and O–H groups in total. The molecule has 1 atom stereocenters. The molecule has 186 valence electrons. The monoisotopic (exact) mass is 484 g/mol. The maximum absolute atomic E-state index is 12.2. The second kappa shape index (κ2) is 11.2. The number of carbonyl (C=O) groups excluding carboxylic acids is 2. The van der Waals surface area contributed by atoms with Crippen molar-refractivity contribution in [1.82, 2.24) is 4.90 Å². The Hall–Kier alpha value is -3.70. The summed E-state index contributed by atoms with van der Waals surface area (Å²) in [6, 6.07) is 11.7.